The van der Waals surface area contributed by atoms with Gasteiger partial charge in [0, 0.05) is 35.2 Å². The Labute approximate surface area is 246 Å². The third-order valence-corrected chi connectivity index (χ3v) is 7.02. The monoisotopic (exact) mass is 586 g/mol. The summed E-state index contributed by atoms with van der Waals surface area (Å²) in [6, 6.07) is 17.9. The van der Waals surface area contributed by atoms with Gasteiger partial charge in [0.25, 0.3) is 0 Å². The predicted molar refractivity (Wildman–Crippen MR) is 157 cm³/mol. The second-order valence-electron chi connectivity index (χ2n) is 9.94. The molecule has 0 spiro atoms. The molecule has 0 fully saturated rings. The van der Waals surface area contributed by atoms with Crippen LogP contribution in [0.1, 0.15) is 30.0 Å². The van der Waals surface area contributed by atoms with Crippen molar-refractivity contribution in [1.82, 2.24) is 9.97 Å². The first kappa shape index (κ1) is 29.6. The van der Waals surface area contributed by atoms with Gasteiger partial charge in [-0.15, -0.1) is 6.58 Å². The Hall–Kier alpha value is -4.85. The van der Waals surface area contributed by atoms with Crippen molar-refractivity contribution < 1.29 is 26.7 Å². The van der Waals surface area contributed by atoms with Gasteiger partial charge < -0.3 is 4.74 Å². The van der Waals surface area contributed by atoms with E-state index >= 15 is 4.39 Å². The molecule has 5 aromatic rings. The van der Waals surface area contributed by atoms with E-state index in [1.165, 1.54) is 18.2 Å². The summed E-state index contributed by atoms with van der Waals surface area (Å²) in [6.07, 6.45) is 3.11. The third-order valence-electron chi connectivity index (χ3n) is 7.02. The predicted octanol–water partition coefficient (Wildman–Crippen LogP) is 9.70. The summed E-state index contributed by atoms with van der Waals surface area (Å²) in [5.74, 6) is -3.05. The molecule has 0 saturated carbocycles. The van der Waals surface area contributed by atoms with Gasteiger partial charge in [-0.3, -0.25) is 0 Å². The normalized spacial score (nSPS) is 11.4. The number of aromatic nitrogens is 2. The van der Waals surface area contributed by atoms with Gasteiger partial charge in [0.15, 0.2) is 5.82 Å². The van der Waals surface area contributed by atoms with Crippen LogP contribution >= 0.6 is 0 Å². The molecule has 1 aromatic heterocycles. The fourth-order valence-corrected chi connectivity index (χ4v) is 4.63. The Kier molecular flexibility index (Phi) is 8.66. The zero-order valence-corrected chi connectivity index (χ0v) is 23.3. The zero-order chi connectivity index (χ0) is 30.6. The summed E-state index contributed by atoms with van der Waals surface area (Å²) in [7, 11) is 0. The van der Waals surface area contributed by atoms with Crippen molar-refractivity contribution in [1.29, 1.82) is 0 Å². The number of benzene rings is 4. The summed E-state index contributed by atoms with van der Waals surface area (Å²) >= 11 is 0. The summed E-state index contributed by atoms with van der Waals surface area (Å²) in [5.41, 5.74) is 2.40. The van der Waals surface area contributed by atoms with E-state index in [1.807, 2.05) is 31.2 Å². The maximum Gasteiger partial charge on any atom is 0.429 e. The lowest BCUT2D eigenvalue weighted by Gasteiger charge is -2.19. The first-order valence-electron chi connectivity index (χ1n) is 13.7. The van der Waals surface area contributed by atoms with Crippen molar-refractivity contribution >= 4 is 0 Å². The highest BCUT2D eigenvalue weighted by molar-refractivity contribution is 5.72. The molecule has 43 heavy (non-hydrogen) atoms. The van der Waals surface area contributed by atoms with Crippen LogP contribution in [0.5, 0.6) is 5.75 Å². The van der Waals surface area contributed by atoms with Crippen LogP contribution in [0.4, 0.5) is 22.0 Å². The van der Waals surface area contributed by atoms with Crippen LogP contribution in [0.2, 0.25) is 0 Å². The van der Waals surface area contributed by atoms with Gasteiger partial charge in [0.2, 0.25) is 0 Å². The van der Waals surface area contributed by atoms with E-state index in [0.29, 0.717) is 17.5 Å². The Morgan fingerprint density at radius 2 is 1.33 bits per heavy atom. The van der Waals surface area contributed by atoms with Gasteiger partial charge >= 0.3 is 6.11 Å². The standard InChI is InChI=1S/C35H27F5N2O/c1-3-5-6-23-20-41-34(42-21-23)26-12-16-30(33(38)18-26)35(39,40)43-27-13-15-29(32(37)19-27)25-11-14-28(31(36)17-25)24-9-7-22(4-2)8-10-24/h3,7-21H,1,4-6H2,2H3. The lowest BCUT2D eigenvalue weighted by Crippen LogP contribution is -2.23. The van der Waals surface area contributed by atoms with Crippen molar-refractivity contribution in [2.75, 3.05) is 0 Å². The van der Waals surface area contributed by atoms with Crippen LogP contribution in [-0.2, 0) is 19.0 Å². The Morgan fingerprint density at radius 3 is 1.95 bits per heavy atom. The Morgan fingerprint density at radius 1 is 0.721 bits per heavy atom. The average molecular weight is 587 g/mol. The summed E-state index contributed by atoms with van der Waals surface area (Å²) in [5, 5.41) is 0. The van der Waals surface area contributed by atoms with E-state index in [-0.39, 0.29) is 22.5 Å². The van der Waals surface area contributed by atoms with Gasteiger partial charge in [-0.05, 0) is 71.8 Å². The molecule has 3 nitrogen and oxygen atoms in total. The molecule has 5 rings (SSSR count). The van der Waals surface area contributed by atoms with E-state index in [9.17, 15) is 17.6 Å². The summed E-state index contributed by atoms with van der Waals surface area (Å²) in [6.45, 7) is 5.68. The molecule has 218 valence electrons. The minimum absolute atomic E-state index is 0.00603. The number of aryl methyl sites for hydroxylation is 2. The van der Waals surface area contributed by atoms with Gasteiger partial charge in [-0.25, -0.2) is 23.1 Å². The molecule has 0 radical (unpaired) electrons. The molecule has 4 aromatic carbocycles. The first-order valence-corrected chi connectivity index (χ1v) is 13.7. The molecule has 0 aliphatic carbocycles. The maximum atomic E-state index is 15.0. The van der Waals surface area contributed by atoms with E-state index in [4.69, 9.17) is 4.74 Å². The van der Waals surface area contributed by atoms with Gasteiger partial charge in [-0.1, -0.05) is 55.5 Å². The topological polar surface area (TPSA) is 35.0 Å². The quantitative estimate of drug-likeness (QED) is 0.121. The third kappa shape index (κ3) is 6.64. The maximum absolute atomic E-state index is 15.0. The van der Waals surface area contributed by atoms with Crippen molar-refractivity contribution in [3.05, 3.63) is 138 Å². The van der Waals surface area contributed by atoms with Gasteiger partial charge in [0.05, 0.1) is 5.56 Å². The Bertz CT molecular complexity index is 1750. The molecule has 0 unspecified atom stereocenters. The summed E-state index contributed by atoms with van der Waals surface area (Å²) < 4.78 is 79.6. The SMILES string of the molecule is C=CCCc1cnc(-c2ccc(C(F)(F)Oc3ccc(-c4ccc(-c5ccc(CC)cc5)c(F)c4)c(F)c3)c(F)c2)nc1. The number of allylic oxidation sites excluding steroid dienone is 1. The molecule has 0 N–H and O–H groups in total. The number of hydrogen-bond donors (Lipinski definition) is 0. The van der Waals surface area contributed by atoms with E-state index in [0.717, 1.165) is 48.2 Å². The van der Waals surface area contributed by atoms with Gasteiger partial charge in [0.1, 0.15) is 23.2 Å². The minimum Gasteiger partial charge on any atom is -0.429 e. The number of hydrogen-bond acceptors (Lipinski definition) is 3. The molecule has 0 saturated heterocycles. The van der Waals surface area contributed by atoms with Crippen LogP contribution in [-0.4, -0.2) is 9.97 Å². The first-order chi connectivity index (χ1) is 20.7. The van der Waals surface area contributed by atoms with Crippen LogP contribution in [0, 0.1) is 17.5 Å². The largest absolute Gasteiger partial charge is 0.429 e. The molecule has 0 aliphatic heterocycles. The highest BCUT2D eigenvalue weighted by atomic mass is 19.3. The average Bonchev–Trinajstić information content (AvgIpc) is 3.00. The summed E-state index contributed by atoms with van der Waals surface area (Å²) in [4.78, 5) is 8.36. The van der Waals surface area contributed by atoms with Crippen molar-refractivity contribution in [2.45, 2.75) is 32.3 Å². The fraction of sp³-hybridized carbons (Fsp3) is 0.143. The zero-order valence-electron chi connectivity index (χ0n) is 23.3. The van der Waals surface area contributed by atoms with E-state index in [2.05, 4.69) is 16.5 Å². The van der Waals surface area contributed by atoms with Crippen LogP contribution < -0.4 is 4.74 Å². The molecule has 0 aliphatic rings. The second kappa shape index (κ2) is 12.6. The fourth-order valence-electron chi connectivity index (χ4n) is 4.63. The van der Waals surface area contributed by atoms with Crippen molar-refractivity contribution in [3.8, 4) is 39.4 Å². The number of ether oxygens (including phenoxy) is 1. The molecule has 0 amide bonds. The van der Waals surface area contributed by atoms with Crippen molar-refractivity contribution in [3.63, 3.8) is 0 Å². The molecule has 8 heteroatoms. The van der Waals surface area contributed by atoms with Gasteiger partial charge in [-0.2, -0.15) is 8.78 Å². The lowest BCUT2D eigenvalue weighted by molar-refractivity contribution is -0.187. The number of rotatable bonds is 10. The van der Waals surface area contributed by atoms with Crippen molar-refractivity contribution in [2.24, 2.45) is 0 Å². The van der Waals surface area contributed by atoms with Crippen LogP contribution in [0.25, 0.3) is 33.6 Å². The minimum atomic E-state index is -4.12. The molecular weight excluding hydrogens is 559 g/mol. The van der Waals surface area contributed by atoms with Crippen LogP contribution in [0.3, 0.4) is 0 Å². The Balaban J connectivity index is 1.32. The van der Waals surface area contributed by atoms with E-state index in [1.54, 1.807) is 30.6 Å². The smallest absolute Gasteiger partial charge is 0.429 e. The highest BCUT2D eigenvalue weighted by Crippen LogP contribution is 2.37. The number of halogens is 5. The second-order valence-corrected chi connectivity index (χ2v) is 9.94. The number of alkyl halides is 2. The van der Waals surface area contributed by atoms with E-state index < -0.39 is 34.9 Å². The lowest BCUT2D eigenvalue weighted by atomic mass is 9.98. The number of nitrogens with zero attached hydrogens (tertiary/aromatic N) is 2. The molecular formula is C35H27F5N2O. The molecule has 0 atom stereocenters. The molecule has 1 heterocycles. The van der Waals surface area contributed by atoms with Crippen LogP contribution in [0.15, 0.2) is 104 Å². The highest BCUT2D eigenvalue weighted by Gasteiger charge is 2.38. The molecule has 0 bridgehead atoms.